The first-order valence-corrected chi connectivity index (χ1v) is 5.26. The zero-order chi connectivity index (χ0) is 11.0. The number of nitrogens with one attached hydrogen (secondary N) is 1. The normalized spacial score (nSPS) is 14.4. The molecule has 1 N–H and O–H groups in total. The third kappa shape index (κ3) is 9.84. The standard InChI is InChI=1S/C10H20F3N/c1-3-4-5-6-7-9(2)14-8-10(11,12)13/h9,14H,3-8H2,1-2H3. The Balaban J connectivity index is 3.32. The van der Waals surface area contributed by atoms with E-state index < -0.39 is 12.7 Å². The van der Waals surface area contributed by atoms with E-state index in [1.165, 1.54) is 6.42 Å². The molecule has 0 spiro atoms. The minimum Gasteiger partial charge on any atom is -0.306 e. The van der Waals surface area contributed by atoms with Gasteiger partial charge in [-0.05, 0) is 13.3 Å². The van der Waals surface area contributed by atoms with Gasteiger partial charge in [0.15, 0.2) is 0 Å². The Hall–Kier alpha value is -0.250. The quantitative estimate of drug-likeness (QED) is 0.635. The summed E-state index contributed by atoms with van der Waals surface area (Å²) in [5.74, 6) is 0. The monoisotopic (exact) mass is 211 g/mol. The van der Waals surface area contributed by atoms with Gasteiger partial charge < -0.3 is 5.32 Å². The van der Waals surface area contributed by atoms with Crippen molar-refractivity contribution in [3.8, 4) is 0 Å². The summed E-state index contributed by atoms with van der Waals surface area (Å²) in [7, 11) is 0. The summed E-state index contributed by atoms with van der Waals surface area (Å²) in [5, 5.41) is 2.47. The highest BCUT2D eigenvalue weighted by atomic mass is 19.4. The van der Waals surface area contributed by atoms with Crippen molar-refractivity contribution in [3.63, 3.8) is 0 Å². The van der Waals surface area contributed by atoms with Crippen LogP contribution in [0.3, 0.4) is 0 Å². The van der Waals surface area contributed by atoms with Crippen molar-refractivity contribution in [3.05, 3.63) is 0 Å². The van der Waals surface area contributed by atoms with E-state index in [9.17, 15) is 13.2 Å². The van der Waals surface area contributed by atoms with Gasteiger partial charge in [0.05, 0.1) is 6.54 Å². The van der Waals surface area contributed by atoms with E-state index in [-0.39, 0.29) is 6.04 Å². The SMILES string of the molecule is CCCCCCC(C)NCC(F)(F)F. The predicted molar refractivity (Wildman–Crippen MR) is 52.3 cm³/mol. The zero-order valence-electron chi connectivity index (χ0n) is 8.95. The minimum absolute atomic E-state index is 0.0338. The molecule has 0 aromatic carbocycles. The van der Waals surface area contributed by atoms with E-state index in [1.807, 2.05) is 0 Å². The summed E-state index contributed by atoms with van der Waals surface area (Å²) >= 11 is 0. The number of hydrogen-bond donors (Lipinski definition) is 1. The molecule has 0 aliphatic carbocycles. The summed E-state index contributed by atoms with van der Waals surface area (Å²) in [4.78, 5) is 0. The van der Waals surface area contributed by atoms with Crippen LogP contribution in [-0.4, -0.2) is 18.8 Å². The van der Waals surface area contributed by atoms with Crippen LogP contribution in [0, 0.1) is 0 Å². The third-order valence-corrected chi connectivity index (χ3v) is 2.14. The summed E-state index contributed by atoms with van der Waals surface area (Å²) < 4.78 is 35.4. The number of alkyl halides is 3. The molecule has 86 valence electrons. The van der Waals surface area contributed by atoms with Crippen LogP contribution in [0.2, 0.25) is 0 Å². The Bertz CT molecular complexity index is 134. The Kier molecular flexibility index (Phi) is 6.97. The molecule has 0 aliphatic rings. The molecule has 0 amide bonds. The van der Waals surface area contributed by atoms with Gasteiger partial charge in [0.2, 0.25) is 0 Å². The smallest absolute Gasteiger partial charge is 0.306 e. The molecule has 1 unspecified atom stereocenters. The largest absolute Gasteiger partial charge is 0.401 e. The topological polar surface area (TPSA) is 12.0 Å². The fraction of sp³-hybridized carbons (Fsp3) is 1.00. The van der Waals surface area contributed by atoms with E-state index in [4.69, 9.17) is 0 Å². The summed E-state index contributed by atoms with van der Waals surface area (Å²) in [6.45, 7) is 3.05. The maximum absolute atomic E-state index is 11.8. The minimum atomic E-state index is -4.09. The van der Waals surface area contributed by atoms with E-state index in [2.05, 4.69) is 12.2 Å². The van der Waals surface area contributed by atoms with Gasteiger partial charge >= 0.3 is 6.18 Å². The van der Waals surface area contributed by atoms with Crippen molar-refractivity contribution in [1.29, 1.82) is 0 Å². The maximum atomic E-state index is 11.8. The number of halogens is 3. The molecule has 0 saturated heterocycles. The second-order valence-corrected chi connectivity index (χ2v) is 3.75. The van der Waals surface area contributed by atoms with E-state index in [1.54, 1.807) is 6.92 Å². The Morgan fingerprint density at radius 3 is 2.29 bits per heavy atom. The lowest BCUT2D eigenvalue weighted by Crippen LogP contribution is -2.35. The van der Waals surface area contributed by atoms with Crippen LogP contribution in [0.15, 0.2) is 0 Å². The first kappa shape index (κ1) is 13.8. The van der Waals surface area contributed by atoms with E-state index >= 15 is 0 Å². The fourth-order valence-corrected chi connectivity index (χ4v) is 1.27. The number of rotatable bonds is 7. The molecule has 4 heteroatoms. The Morgan fingerprint density at radius 1 is 1.14 bits per heavy atom. The third-order valence-electron chi connectivity index (χ3n) is 2.14. The number of unbranched alkanes of at least 4 members (excludes halogenated alkanes) is 3. The predicted octanol–water partition coefficient (Wildman–Crippen LogP) is 3.50. The second kappa shape index (κ2) is 7.10. The average molecular weight is 211 g/mol. The molecule has 0 rings (SSSR count). The van der Waals surface area contributed by atoms with Crippen molar-refractivity contribution in [1.82, 2.24) is 5.32 Å². The average Bonchev–Trinajstić information content (AvgIpc) is 2.08. The Labute approximate surface area is 84.1 Å². The molecule has 1 nitrogen and oxygen atoms in total. The van der Waals surface area contributed by atoms with Crippen LogP contribution in [0.1, 0.15) is 46.0 Å². The highest BCUT2D eigenvalue weighted by Gasteiger charge is 2.26. The molecule has 0 aromatic rings. The second-order valence-electron chi connectivity index (χ2n) is 3.75. The molecule has 0 aliphatic heterocycles. The lowest BCUT2D eigenvalue weighted by Gasteiger charge is -2.14. The highest BCUT2D eigenvalue weighted by molar-refractivity contribution is 4.64. The van der Waals surface area contributed by atoms with Crippen molar-refractivity contribution in [2.75, 3.05) is 6.54 Å². The van der Waals surface area contributed by atoms with Gasteiger partial charge in [-0.2, -0.15) is 13.2 Å². The van der Waals surface area contributed by atoms with Crippen LogP contribution in [0.5, 0.6) is 0 Å². The number of hydrogen-bond acceptors (Lipinski definition) is 1. The molecule has 0 radical (unpaired) electrons. The van der Waals surface area contributed by atoms with E-state index in [0.29, 0.717) is 0 Å². The summed E-state index contributed by atoms with van der Waals surface area (Å²) in [6.07, 6.45) is 1.21. The molecule has 1 atom stereocenters. The van der Waals surface area contributed by atoms with Gasteiger partial charge in [-0.15, -0.1) is 0 Å². The van der Waals surface area contributed by atoms with Crippen LogP contribution < -0.4 is 5.32 Å². The van der Waals surface area contributed by atoms with Crippen LogP contribution in [0.4, 0.5) is 13.2 Å². The molecular formula is C10H20F3N. The molecule has 14 heavy (non-hydrogen) atoms. The highest BCUT2D eigenvalue weighted by Crippen LogP contribution is 2.13. The van der Waals surface area contributed by atoms with Gasteiger partial charge in [0, 0.05) is 6.04 Å². The maximum Gasteiger partial charge on any atom is 0.401 e. The van der Waals surface area contributed by atoms with Crippen molar-refractivity contribution < 1.29 is 13.2 Å². The van der Waals surface area contributed by atoms with E-state index in [0.717, 1.165) is 25.7 Å². The van der Waals surface area contributed by atoms with Gasteiger partial charge in [-0.3, -0.25) is 0 Å². The molecule has 0 bridgehead atoms. The lowest BCUT2D eigenvalue weighted by atomic mass is 10.1. The first-order chi connectivity index (χ1) is 6.45. The van der Waals surface area contributed by atoms with Crippen molar-refractivity contribution >= 4 is 0 Å². The molecule has 0 aromatic heterocycles. The Morgan fingerprint density at radius 2 is 1.79 bits per heavy atom. The zero-order valence-corrected chi connectivity index (χ0v) is 8.95. The van der Waals surface area contributed by atoms with Gasteiger partial charge in [-0.1, -0.05) is 32.6 Å². The summed E-state index contributed by atoms with van der Waals surface area (Å²) in [5.41, 5.74) is 0. The molecule has 0 fully saturated rings. The molecule has 0 saturated carbocycles. The van der Waals surface area contributed by atoms with Gasteiger partial charge in [0.25, 0.3) is 0 Å². The van der Waals surface area contributed by atoms with Crippen molar-refractivity contribution in [2.45, 2.75) is 58.2 Å². The van der Waals surface area contributed by atoms with Crippen LogP contribution in [-0.2, 0) is 0 Å². The summed E-state index contributed by atoms with van der Waals surface area (Å²) in [6, 6.07) is -0.0338. The fourth-order valence-electron chi connectivity index (χ4n) is 1.27. The van der Waals surface area contributed by atoms with Crippen LogP contribution in [0.25, 0.3) is 0 Å². The first-order valence-electron chi connectivity index (χ1n) is 5.26. The molecular weight excluding hydrogens is 191 g/mol. The lowest BCUT2D eigenvalue weighted by molar-refractivity contribution is -0.126. The van der Waals surface area contributed by atoms with Crippen molar-refractivity contribution in [2.24, 2.45) is 0 Å². The van der Waals surface area contributed by atoms with Gasteiger partial charge in [0.1, 0.15) is 0 Å². The van der Waals surface area contributed by atoms with Gasteiger partial charge in [-0.25, -0.2) is 0 Å². The molecule has 0 heterocycles. The van der Waals surface area contributed by atoms with Crippen LogP contribution >= 0.6 is 0 Å².